The molecule has 0 spiro atoms. The second-order valence-electron chi connectivity index (χ2n) is 7.43. The van der Waals surface area contributed by atoms with Gasteiger partial charge in [-0.05, 0) is 61.7 Å². The molecule has 0 saturated carbocycles. The minimum absolute atomic E-state index is 0.207. The lowest BCUT2D eigenvalue weighted by molar-refractivity contribution is 0.343. The van der Waals surface area contributed by atoms with Gasteiger partial charge >= 0.3 is 0 Å². The van der Waals surface area contributed by atoms with E-state index >= 15 is 0 Å². The molecule has 1 aromatic carbocycles. The maximum atomic E-state index is 13.5. The molecule has 1 saturated heterocycles. The summed E-state index contributed by atoms with van der Waals surface area (Å²) in [6.45, 7) is 2.08. The highest BCUT2D eigenvalue weighted by atomic mass is 19.1. The number of nitrogens with one attached hydrogen (secondary N) is 2. The van der Waals surface area contributed by atoms with Crippen molar-refractivity contribution in [3.8, 4) is 11.1 Å². The van der Waals surface area contributed by atoms with Crippen molar-refractivity contribution in [3.05, 3.63) is 72.1 Å². The third-order valence-corrected chi connectivity index (χ3v) is 5.52. The third kappa shape index (κ3) is 3.31. The van der Waals surface area contributed by atoms with Crippen molar-refractivity contribution in [1.82, 2.24) is 25.1 Å². The van der Waals surface area contributed by atoms with Crippen LogP contribution in [0.2, 0.25) is 0 Å². The van der Waals surface area contributed by atoms with Crippen LogP contribution >= 0.6 is 0 Å². The van der Waals surface area contributed by atoms with E-state index in [1.54, 1.807) is 12.1 Å². The van der Waals surface area contributed by atoms with Crippen LogP contribution in [-0.2, 0) is 6.42 Å². The number of nitrogens with zero attached hydrogens (tertiary/aromatic N) is 3. The van der Waals surface area contributed by atoms with Gasteiger partial charge in [0.15, 0.2) is 0 Å². The summed E-state index contributed by atoms with van der Waals surface area (Å²) in [5, 5.41) is 9.05. The van der Waals surface area contributed by atoms with Crippen LogP contribution in [0.4, 0.5) is 4.39 Å². The minimum Gasteiger partial charge on any atom is -0.346 e. The Bertz CT molecular complexity index is 1110. The first-order valence-corrected chi connectivity index (χ1v) is 9.72. The van der Waals surface area contributed by atoms with Crippen molar-refractivity contribution in [1.29, 1.82) is 0 Å². The van der Waals surface area contributed by atoms with Crippen molar-refractivity contribution in [3.63, 3.8) is 0 Å². The molecule has 1 aliphatic heterocycles. The molecule has 28 heavy (non-hydrogen) atoms. The summed E-state index contributed by atoms with van der Waals surface area (Å²) in [5.41, 5.74) is 5.03. The molecule has 5 rings (SSSR count). The number of rotatable bonds is 4. The molecule has 2 N–H and O–H groups in total. The van der Waals surface area contributed by atoms with Crippen molar-refractivity contribution < 1.29 is 4.39 Å². The molecular weight excluding hydrogens is 353 g/mol. The van der Waals surface area contributed by atoms with E-state index in [2.05, 4.69) is 37.3 Å². The number of fused-ring (bicyclic) bond motifs is 1. The molecule has 0 radical (unpaired) electrons. The molecule has 0 aliphatic carbocycles. The second-order valence-corrected chi connectivity index (χ2v) is 7.43. The van der Waals surface area contributed by atoms with Gasteiger partial charge in [0.05, 0.1) is 12.2 Å². The Balaban J connectivity index is 1.45. The monoisotopic (exact) mass is 375 g/mol. The fourth-order valence-electron chi connectivity index (χ4n) is 3.99. The number of aromatic nitrogens is 4. The normalized spacial score (nSPS) is 15.3. The van der Waals surface area contributed by atoms with E-state index in [4.69, 9.17) is 0 Å². The van der Waals surface area contributed by atoms with Gasteiger partial charge in [0, 0.05) is 35.1 Å². The number of pyridine rings is 1. The first-order chi connectivity index (χ1) is 13.8. The van der Waals surface area contributed by atoms with E-state index in [-0.39, 0.29) is 5.82 Å². The highest BCUT2D eigenvalue weighted by Gasteiger charge is 2.16. The first-order valence-electron chi connectivity index (χ1n) is 9.72. The van der Waals surface area contributed by atoms with Crippen LogP contribution in [0.25, 0.3) is 22.2 Å². The van der Waals surface area contributed by atoms with Gasteiger partial charge in [-0.3, -0.25) is 4.68 Å². The molecule has 1 fully saturated rings. The van der Waals surface area contributed by atoms with Gasteiger partial charge in [0.25, 0.3) is 0 Å². The molecule has 4 aromatic rings. The molecular formula is C22H22FN5. The van der Waals surface area contributed by atoms with E-state index in [1.165, 1.54) is 6.07 Å². The Labute approximate surface area is 162 Å². The molecule has 0 atom stereocenters. The molecule has 1 aliphatic rings. The lowest BCUT2D eigenvalue weighted by Crippen LogP contribution is -2.29. The Kier molecular flexibility index (Phi) is 4.41. The Hall–Kier alpha value is -2.99. The van der Waals surface area contributed by atoms with E-state index in [1.807, 2.05) is 24.7 Å². The number of hydrogen-bond donors (Lipinski definition) is 2. The number of halogens is 1. The number of piperidine rings is 1. The van der Waals surface area contributed by atoms with Gasteiger partial charge in [-0.2, -0.15) is 5.10 Å². The Morgan fingerprint density at radius 3 is 2.86 bits per heavy atom. The predicted octanol–water partition coefficient (Wildman–Crippen LogP) is 4.08. The smallest absolute Gasteiger partial charge is 0.137 e. The van der Waals surface area contributed by atoms with Crippen LogP contribution in [0.1, 0.15) is 30.0 Å². The van der Waals surface area contributed by atoms with E-state index in [0.717, 1.165) is 59.2 Å². The van der Waals surface area contributed by atoms with Crippen LogP contribution in [-0.4, -0.2) is 32.8 Å². The fourth-order valence-corrected chi connectivity index (χ4v) is 3.99. The molecule has 3 aromatic heterocycles. The highest BCUT2D eigenvalue weighted by Crippen LogP contribution is 2.27. The maximum Gasteiger partial charge on any atom is 0.137 e. The zero-order valence-corrected chi connectivity index (χ0v) is 15.5. The van der Waals surface area contributed by atoms with Gasteiger partial charge in [-0.25, -0.2) is 9.37 Å². The molecule has 0 bridgehead atoms. The zero-order chi connectivity index (χ0) is 18.9. The van der Waals surface area contributed by atoms with Gasteiger partial charge < -0.3 is 10.3 Å². The number of hydrogen-bond acceptors (Lipinski definition) is 3. The van der Waals surface area contributed by atoms with Gasteiger partial charge in [-0.1, -0.05) is 12.1 Å². The standard InChI is InChI=1S/C22H22FN5/c23-19-3-1-2-15(9-19)8-17-12-26-22-21(17)10-16(11-25-22)18-13-27-28(14-18)20-4-6-24-7-5-20/h1-3,9-14,20,24H,4-8H2,(H,25,26). The Morgan fingerprint density at radius 2 is 2.00 bits per heavy atom. The van der Waals surface area contributed by atoms with Gasteiger partial charge in [0.1, 0.15) is 11.5 Å². The van der Waals surface area contributed by atoms with E-state index in [0.29, 0.717) is 12.5 Å². The van der Waals surface area contributed by atoms with Gasteiger partial charge in [-0.15, -0.1) is 0 Å². The highest BCUT2D eigenvalue weighted by molar-refractivity contribution is 5.84. The lowest BCUT2D eigenvalue weighted by atomic mass is 10.0. The summed E-state index contributed by atoms with van der Waals surface area (Å²) < 4.78 is 15.6. The summed E-state index contributed by atoms with van der Waals surface area (Å²) in [6, 6.07) is 9.36. The summed E-state index contributed by atoms with van der Waals surface area (Å²) in [6.07, 6.45) is 10.8. The number of aromatic amines is 1. The number of H-pyrrole nitrogens is 1. The SMILES string of the molecule is Fc1cccc(Cc2c[nH]c3ncc(-c4cnn(C5CCNCC5)c4)cc23)c1. The fraction of sp³-hybridized carbons (Fsp3) is 0.273. The first kappa shape index (κ1) is 17.1. The van der Waals surface area contributed by atoms with Crippen LogP contribution in [0.3, 0.4) is 0 Å². The van der Waals surface area contributed by atoms with E-state index in [9.17, 15) is 4.39 Å². The lowest BCUT2D eigenvalue weighted by Gasteiger charge is -2.22. The molecule has 142 valence electrons. The largest absolute Gasteiger partial charge is 0.346 e. The second kappa shape index (κ2) is 7.20. The topological polar surface area (TPSA) is 58.5 Å². The maximum absolute atomic E-state index is 13.5. The van der Waals surface area contributed by atoms with Crippen LogP contribution in [0.15, 0.2) is 55.1 Å². The van der Waals surface area contributed by atoms with E-state index < -0.39 is 0 Å². The quantitative estimate of drug-likeness (QED) is 0.565. The molecule has 0 amide bonds. The average molecular weight is 375 g/mol. The van der Waals surface area contributed by atoms with Crippen LogP contribution in [0.5, 0.6) is 0 Å². The molecule has 4 heterocycles. The summed E-state index contributed by atoms with van der Waals surface area (Å²) in [5.74, 6) is -0.207. The summed E-state index contributed by atoms with van der Waals surface area (Å²) in [7, 11) is 0. The van der Waals surface area contributed by atoms with Crippen molar-refractivity contribution in [2.45, 2.75) is 25.3 Å². The summed E-state index contributed by atoms with van der Waals surface area (Å²) >= 11 is 0. The molecule has 5 nitrogen and oxygen atoms in total. The average Bonchev–Trinajstić information content (AvgIpc) is 3.36. The van der Waals surface area contributed by atoms with Crippen LogP contribution < -0.4 is 5.32 Å². The predicted molar refractivity (Wildman–Crippen MR) is 108 cm³/mol. The number of benzene rings is 1. The van der Waals surface area contributed by atoms with Crippen molar-refractivity contribution >= 4 is 11.0 Å². The third-order valence-electron chi connectivity index (χ3n) is 5.52. The van der Waals surface area contributed by atoms with Crippen LogP contribution in [0, 0.1) is 5.82 Å². The van der Waals surface area contributed by atoms with Crippen molar-refractivity contribution in [2.75, 3.05) is 13.1 Å². The van der Waals surface area contributed by atoms with Gasteiger partial charge in [0.2, 0.25) is 0 Å². The minimum atomic E-state index is -0.207. The zero-order valence-electron chi connectivity index (χ0n) is 15.5. The Morgan fingerprint density at radius 1 is 1.11 bits per heavy atom. The molecule has 0 unspecified atom stereocenters. The van der Waals surface area contributed by atoms with Crippen molar-refractivity contribution in [2.24, 2.45) is 0 Å². The molecule has 6 heteroatoms. The summed E-state index contributed by atoms with van der Waals surface area (Å²) in [4.78, 5) is 7.81.